The highest BCUT2D eigenvalue weighted by atomic mass is 32.2. The van der Waals surface area contributed by atoms with Crippen molar-refractivity contribution in [2.75, 3.05) is 11.1 Å². The van der Waals surface area contributed by atoms with E-state index in [1.165, 1.54) is 0 Å². The zero-order chi connectivity index (χ0) is 9.42. The molecule has 1 amide bonds. The van der Waals surface area contributed by atoms with Gasteiger partial charge in [-0.25, -0.2) is 0 Å². The second kappa shape index (κ2) is 2.96. The minimum absolute atomic E-state index is 0.0175. The van der Waals surface area contributed by atoms with Crippen molar-refractivity contribution < 1.29 is 4.79 Å². The number of nitrogens with two attached hydrogens (primary N) is 1. The van der Waals surface area contributed by atoms with Gasteiger partial charge in [0.1, 0.15) is 0 Å². The van der Waals surface area contributed by atoms with E-state index < -0.39 is 0 Å². The van der Waals surface area contributed by atoms with Crippen LogP contribution in [0.3, 0.4) is 0 Å². The average Bonchev–Trinajstić information content (AvgIpc) is 2.08. The Bertz CT molecular complexity index is 365. The fourth-order valence-corrected chi connectivity index (χ4v) is 2.16. The number of nitrogens with one attached hydrogen (secondary N) is 1. The van der Waals surface area contributed by atoms with Gasteiger partial charge in [0.05, 0.1) is 10.9 Å². The molecule has 1 aromatic carbocycles. The predicted molar refractivity (Wildman–Crippen MR) is 54.8 cm³/mol. The smallest absolute Gasteiger partial charge is 0.237 e. The molecular formula is C9H10N2OS. The molecule has 1 heterocycles. The second-order valence-electron chi connectivity index (χ2n) is 3.00. The van der Waals surface area contributed by atoms with E-state index in [9.17, 15) is 4.79 Å². The van der Waals surface area contributed by atoms with Gasteiger partial charge in [-0.3, -0.25) is 4.79 Å². The molecule has 0 radical (unpaired) electrons. The van der Waals surface area contributed by atoms with Crippen LogP contribution in [-0.4, -0.2) is 11.2 Å². The van der Waals surface area contributed by atoms with Gasteiger partial charge in [-0.05, 0) is 25.1 Å². The fourth-order valence-electron chi connectivity index (χ4n) is 1.23. The lowest BCUT2D eigenvalue weighted by molar-refractivity contribution is -0.115. The van der Waals surface area contributed by atoms with Gasteiger partial charge in [0.25, 0.3) is 0 Å². The molecule has 1 atom stereocenters. The van der Waals surface area contributed by atoms with Crippen LogP contribution in [0.5, 0.6) is 0 Å². The van der Waals surface area contributed by atoms with E-state index in [4.69, 9.17) is 5.73 Å². The normalized spacial score (nSPS) is 20.7. The predicted octanol–water partition coefficient (Wildman–Crippen LogP) is 1.70. The number of hydrogen-bond donors (Lipinski definition) is 2. The molecule has 0 spiro atoms. The van der Waals surface area contributed by atoms with Gasteiger partial charge in [0.15, 0.2) is 0 Å². The molecule has 1 aliphatic rings. The number of carbonyl (C=O) groups excluding carboxylic acids is 1. The summed E-state index contributed by atoms with van der Waals surface area (Å²) in [4.78, 5) is 12.4. The van der Waals surface area contributed by atoms with Gasteiger partial charge < -0.3 is 11.1 Å². The molecule has 68 valence electrons. The summed E-state index contributed by atoms with van der Waals surface area (Å²) in [7, 11) is 0. The molecule has 0 saturated carbocycles. The van der Waals surface area contributed by atoms with Crippen molar-refractivity contribution in [2.24, 2.45) is 0 Å². The lowest BCUT2D eigenvalue weighted by atomic mass is 10.2. The van der Waals surface area contributed by atoms with Crippen molar-refractivity contribution in [3.63, 3.8) is 0 Å². The van der Waals surface area contributed by atoms with Crippen LogP contribution in [0.15, 0.2) is 23.1 Å². The number of rotatable bonds is 0. The molecule has 0 aliphatic carbocycles. The third-order valence-electron chi connectivity index (χ3n) is 1.93. The highest BCUT2D eigenvalue weighted by molar-refractivity contribution is 8.00. The molecule has 0 fully saturated rings. The number of amides is 1. The standard InChI is InChI=1S/C9H10N2OS/c1-5-9(12)11-7-4-6(10)2-3-8(7)13-5/h2-5H,10H2,1H3,(H,11,12)/t5-/m0/s1. The molecule has 3 nitrogen and oxygen atoms in total. The van der Waals surface area contributed by atoms with E-state index >= 15 is 0 Å². The molecule has 1 aliphatic heterocycles. The Morgan fingerprint density at radius 2 is 2.31 bits per heavy atom. The van der Waals surface area contributed by atoms with E-state index in [-0.39, 0.29) is 11.2 Å². The Balaban J connectivity index is 2.42. The van der Waals surface area contributed by atoms with Crippen LogP contribution in [0, 0.1) is 0 Å². The Morgan fingerprint density at radius 3 is 3.08 bits per heavy atom. The SMILES string of the molecule is C[C@@H]1Sc2ccc(N)cc2NC1=O. The maximum atomic E-state index is 11.3. The number of carbonyl (C=O) groups is 1. The molecular weight excluding hydrogens is 184 g/mol. The zero-order valence-electron chi connectivity index (χ0n) is 7.20. The van der Waals surface area contributed by atoms with Crippen LogP contribution in [0.4, 0.5) is 11.4 Å². The summed E-state index contributed by atoms with van der Waals surface area (Å²) in [6.45, 7) is 1.89. The Hall–Kier alpha value is -1.16. The zero-order valence-corrected chi connectivity index (χ0v) is 8.02. The van der Waals surface area contributed by atoms with Crippen LogP contribution >= 0.6 is 11.8 Å². The monoisotopic (exact) mass is 194 g/mol. The van der Waals surface area contributed by atoms with Crippen LogP contribution < -0.4 is 11.1 Å². The topological polar surface area (TPSA) is 55.1 Å². The van der Waals surface area contributed by atoms with Crippen molar-refractivity contribution in [1.82, 2.24) is 0 Å². The van der Waals surface area contributed by atoms with Crippen molar-refractivity contribution >= 4 is 29.0 Å². The third-order valence-corrected chi connectivity index (χ3v) is 3.11. The summed E-state index contributed by atoms with van der Waals surface area (Å²) in [6.07, 6.45) is 0. The maximum absolute atomic E-state index is 11.3. The first-order chi connectivity index (χ1) is 6.16. The van der Waals surface area contributed by atoms with E-state index in [0.29, 0.717) is 5.69 Å². The molecule has 0 unspecified atom stereocenters. The molecule has 4 heteroatoms. The molecule has 3 N–H and O–H groups in total. The highest BCUT2D eigenvalue weighted by Crippen LogP contribution is 2.36. The van der Waals surface area contributed by atoms with Gasteiger partial charge in [-0.15, -0.1) is 11.8 Å². The highest BCUT2D eigenvalue weighted by Gasteiger charge is 2.22. The van der Waals surface area contributed by atoms with Gasteiger partial charge in [-0.1, -0.05) is 0 Å². The van der Waals surface area contributed by atoms with Crippen molar-refractivity contribution in [3.8, 4) is 0 Å². The van der Waals surface area contributed by atoms with Crippen molar-refractivity contribution in [3.05, 3.63) is 18.2 Å². The largest absolute Gasteiger partial charge is 0.399 e. The van der Waals surface area contributed by atoms with Gasteiger partial charge >= 0.3 is 0 Å². The van der Waals surface area contributed by atoms with Crippen molar-refractivity contribution in [2.45, 2.75) is 17.1 Å². The van der Waals surface area contributed by atoms with Gasteiger partial charge in [-0.2, -0.15) is 0 Å². The number of thioether (sulfide) groups is 1. The Morgan fingerprint density at radius 1 is 1.54 bits per heavy atom. The van der Waals surface area contributed by atoms with Gasteiger partial charge in [0.2, 0.25) is 5.91 Å². The molecule has 13 heavy (non-hydrogen) atoms. The third kappa shape index (κ3) is 1.49. The summed E-state index contributed by atoms with van der Waals surface area (Å²) >= 11 is 1.56. The number of benzene rings is 1. The summed E-state index contributed by atoms with van der Waals surface area (Å²) in [6, 6.07) is 5.56. The summed E-state index contributed by atoms with van der Waals surface area (Å²) in [5.41, 5.74) is 7.10. The number of fused-ring (bicyclic) bond motifs is 1. The van der Waals surface area contributed by atoms with Crippen molar-refractivity contribution in [1.29, 1.82) is 0 Å². The minimum Gasteiger partial charge on any atom is -0.399 e. The quantitative estimate of drug-likeness (QED) is 0.618. The van der Waals surface area contributed by atoms with E-state index in [0.717, 1.165) is 10.6 Å². The lowest BCUT2D eigenvalue weighted by Gasteiger charge is -2.21. The second-order valence-corrected chi connectivity index (χ2v) is 4.39. The first-order valence-corrected chi connectivity index (χ1v) is 4.92. The fraction of sp³-hybridized carbons (Fsp3) is 0.222. The summed E-state index contributed by atoms with van der Waals surface area (Å²) < 4.78 is 0. The summed E-state index contributed by atoms with van der Waals surface area (Å²) in [5.74, 6) is 0.0445. The van der Waals surface area contributed by atoms with E-state index in [2.05, 4.69) is 5.32 Å². The Kier molecular flexibility index (Phi) is 1.92. The molecule has 0 aromatic heterocycles. The molecule has 0 saturated heterocycles. The van der Waals surface area contributed by atoms with Crippen LogP contribution in [0.25, 0.3) is 0 Å². The number of hydrogen-bond acceptors (Lipinski definition) is 3. The first kappa shape index (κ1) is 8.44. The average molecular weight is 194 g/mol. The van der Waals surface area contributed by atoms with E-state index in [1.807, 2.05) is 19.1 Å². The summed E-state index contributed by atoms with van der Waals surface area (Å²) in [5, 5.41) is 2.79. The molecule has 0 bridgehead atoms. The number of anilines is 2. The van der Waals surface area contributed by atoms with Crippen LogP contribution in [0.2, 0.25) is 0 Å². The van der Waals surface area contributed by atoms with E-state index in [1.54, 1.807) is 17.8 Å². The first-order valence-electron chi connectivity index (χ1n) is 4.04. The number of nitrogen functional groups attached to an aromatic ring is 1. The van der Waals surface area contributed by atoms with Gasteiger partial charge in [0, 0.05) is 10.6 Å². The minimum atomic E-state index is -0.0175. The molecule has 1 aromatic rings. The van der Waals surface area contributed by atoms with Crippen LogP contribution in [0.1, 0.15) is 6.92 Å². The lowest BCUT2D eigenvalue weighted by Crippen LogP contribution is -2.26. The molecule has 2 rings (SSSR count). The Labute approximate surface area is 80.7 Å². The maximum Gasteiger partial charge on any atom is 0.237 e. The van der Waals surface area contributed by atoms with Crippen LogP contribution in [-0.2, 0) is 4.79 Å².